The summed E-state index contributed by atoms with van der Waals surface area (Å²) in [5, 5.41) is 8.60. The average molecular weight is 206 g/mol. The molecule has 0 aliphatic carbocycles. The van der Waals surface area contributed by atoms with Crippen LogP contribution in [0, 0.1) is 0 Å². The number of carbonyl (C=O) groups is 1. The van der Waals surface area contributed by atoms with Crippen molar-refractivity contribution >= 4 is 17.6 Å². The first kappa shape index (κ1) is 12.5. The summed E-state index contributed by atoms with van der Waals surface area (Å²) in [5.41, 5.74) is 2.47. The third-order valence-electron chi connectivity index (χ3n) is 1.56. The molecule has 0 saturated heterocycles. The van der Waals surface area contributed by atoms with Crippen molar-refractivity contribution in [2.75, 3.05) is 19.6 Å². The average Bonchev–Trinajstić information content (AvgIpc) is 2.03. The predicted octanol–water partition coefficient (Wildman–Crippen LogP) is 1.93. The Hall–Kier alpha value is -0.540. The highest BCUT2D eigenvalue weighted by Gasteiger charge is 2.08. The summed E-state index contributed by atoms with van der Waals surface area (Å²) in [5.74, 6) is -0.796. The van der Waals surface area contributed by atoms with Gasteiger partial charge < -0.3 is 5.11 Å². The fraction of sp³-hybridized carbons (Fsp3) is 0.667. The van der Waals surface area contributed by atoms with Gasteiger partial charge in [-0.3, -0.25) is 9.69 Å². The second-order valence-electron chi connectivity index (χ2n) is 3.06. The number of halogens is 1. The zero-order chi connectivity index (χ0) is 10.3. The summed E-state index contributed by atoms with van der Waals surface area (Å²) in [4.78, 5) is 12.3. The molecule has 76 valence electrons. The molecule has 0 aromatic rings. The van der Waals surface area contributed by atoms with E-state index in [1.807, 2.05) is 18.7 Å². The van der Waals surface area contributed by atoms with Crippen molar-refractivity contribution in [3.63, 3.8) is 0 Å². The molecule has 0 fully saturated rings. The van der Waals surface area contributed by atoms with E-state index in [0.717, 1.165) is 18.5 Å². The van der Waals surface area contributed by atoms with Gasteiger partial charge in [0.25, 0.3) is 0 Å². The number of nitrogens with zero attached hydrogens (tertiary/aromatic N) is 1. The number of rotatable bonds is 6. The molecule has 0 saturated carbocycles. The maximum Gasteiger partial charge on any atom is 0.317 e. The van der Waals surface area contributed by atoms with Crippen molar-refractivity contribution in [1.82, 2.24) is 4.90 Å². The molecule has 0 amide bonds. The fourth-order valence-electron chi connectivity index (χ4n) is 1.11. The molecule has 4 heteroatoms. The second kappa shape index (κ2) is 6.92. The summed E-state index contributed by atoms with van der Waals surface area (Å²) in [6.45, 7) is 5.40. The van der Waals surface area contributed by atoms with Crippen molar-refractivity contribution in [2.24, 2.45) is 0 Å². The number of hydrogen-bond donors (Lipinski definition) is 1. The van der Waals surface area contributed by atoms with Gasteiger partial charge >= 0.3 is 5.97 Å². The van der Waals surface area contributed by atoms with E-state index in [9.17, 15) is 4.79 Å². The minimum Gasteiger partial charge on any atom is -0.480 e. The third-order valence-corrected chi connectivity index (χ3v) is 1.93. The zero-order valence-electron chi connectivity index (χ0n) is 8.09. The molecule has 0 heterocycles. The molecule has 0 unspecified atom stereocenters. The standard InChI is InChI=1S/C9H16ClNO2/c1-3-4-11(7-9(12)13)6-8(2)5-10/h5H,3-4,6-7H2,1-2H3,(H,12,13). The molecule has 0 spiro atoms. The van der Waals surface area contributed by atoms with E-state index in [2.05, 4.69) is 0 Å². The maximum absolute atomic E-state index is 10.5. The highest BCUT2D eigenvalue weighted by Crippen LogP contribution is 2.01. The summed E-state index contributed by atoms with van der Waals surface area (Å²) >= 11 is 5.50. The maximum atomic E-state index is 10.5. The number of carboxylic acid groups (broad SMARTS) is 1. The Bertz CT molecular complexity index is 192. The van der Waals surface area contributed by atoms with Gasteiger partial charge in [0.2, 0.25) is 0 Å². The molecule has 0 aliphatic rings. The lowest BCUT2D eigenvalue weighted by molar-refractivity contribution is -0.138. The molecule has 13 heavy (non-hydrogen) atoms. The van der Waals surface area contributed by atoms with Crippen molar-refractivity contribution in [3.05, 3.63) is 11.1 Å². The monoisotopic (exact) mass is 205 g/mol. The van der Waals surface area contributed by atoms with E-state index in [4.69, 9.17) is 16.7 Å². The van der Waals surface area contributed by atoms with Crippen LogP contribution >= 0.6 is 11.6 Å². The fourth-order valence-corrected chi connectivity index (χ4v) is 1.18. The topological polar surface area (TPSA) is 40.5 Å². The third kappa shape index (κ3) is 6.61. The van der Waals surface area contributed by atoms with Crippen molar-refractivity contribution in [3.8, 4) is 0 Å². The molecule has 0 atom stereocenters. The van der Waals surface area contributed by atoms with E-state index in [0.29, 0.717) is 6.54 Å². The molecule has 3 nitrogen and oxygen atoms in total. The van der Waals surface area contributed by atoms with E-state index >= 15 is 0 Å². The lowest BCUT2D eigenvalue weighted by atomic mass is 10.3. The molecular formula is C9H16ClNO2. The molecule has 0 aromatic carbocycles. The largest absolute Gasteiger partial charge is 0.480 e. The lowest BCUT2D eigenvalue weighted by Crippen LogP contribution is -2.31. The van der Waals surface area contributed by atoms with E-state index < -0.39 is 5.97 Å². The van der Waals surface area contributed by atoms with Crippen LogP contribution in [0.4, 0.5) is 0 Å². The molecular weight excluding hydrogens is 190 g/mol. The van der Waals surface area contributed by atoms with E-state index in [1.165, 1.54) is 5.54 Å². The van der Waals surface area contributed by atoms with Crippen LogP contribution in [0.25, 0.3) is 0 Å². The molecule has 1 N–H and O–H groups in total. The van der Waals surface area contributed by atoms with Gasteiger partial charge in [-0.05, 0) is 25.5 Å². The minimum absolute atomic E-state index is 0.0793. The van der Waals surface area contributed by atoms with Gasteiger partial charge in [-0.15, -0.1) is 0 Å². The second-order valence-corrected chi connectivity index (χ2v) is 3.28. The summed E-state index contributed by atoms with van der Waals surface area (Å²) in [6, 6.07) is 0. The summed E-state index contributed by atoms with van der Waals surface area (Å²) in [6.07, 6.45) is 0.947. The first-order valence-corrected chi connectivity index (χ1v) is 4.73. The Labute approximate surface area is 84.0 Å². The number of carboxylic acids is 1. The Morgan fingerprint density at radius 3 is 2.54 bits per heavy atom. The van der Waals surface area contributed by atoms with E-state index in [-0.39, 0.29) is 6.54 Å². The molecule has 0 aliphatic heterocycles. The van der Waals surface area contributed by atoms with Gasteiger partial charge in [0.1, 0.15) is 0 Å². The summed E-state index contributed by atoms with van der Waals surface area (Å²) in [7, 11) is 0. The van der Waals surface area contributed by atoms with Crippen LogP contribution in [0.1, 0.15) is 20.3 Å². The molecule has 0 radical (unpaired) electrons. The van der Waals surface area contributed by atoms with Crippen LogP contribution in [0.5, 0.6) is 0 Å². The highest BCUT2D eigenvalue weighted by molar-refractivity contribution is 6.25. The Morgan fingerprint density at radius 1 is 1.54 bits per heavy atom. The highest BCUT2D eigenvalue weighted by atomic mass is 35.5. The van der Waals surface area contributed by atoms with Crippen molar-refractivity contribution in [1.29, 1.82) is 0 Å². The number of hydrogen-bond acceptors (Lipinski definition) is 2. The van der Waals surface area contributed by atoms with Crippen LogP contribution < -0.4 is 0 Å². The minimum atomic E-state index is -0.796. The Kier molecular flexibility index (Phi) is 6.63. The summed E-state index contributed by atoms with van der Waals surface area (Å²) < 4.78 is 0. The number of aliphatic carboxylic acids is 1. The first-order chi connectivity index (χ1) is 6.10. The SMILES string of the molecule is CCCN(CC(=O)O)CC(C)=CCl. The van der Waals surface area contributed by atoms with Crippen molar-refractivity contribution < 1.29 is 9.90 Å². The first-order valence-electron chi connectivity index (χ1n) is 4.30. The van der Waals surface area contributed by atoms with Crippen LogP contribution in [0.2, 0.25) is 0 Å². The van der Waals surface area contributed by atoms with Crippen molar-refractivity contribution in [2.45, 2.75) is 20.3 Å². The molecule has 0 bridgehead atoms. The van der Waals surface area contributed by atoms with Gasteiger partial charge in [-0.1, -0.05) is 18.5 Å². The quantitative estimate of drug-likeness (QED) is 0.721. The van der Waals surface area contributed by atoms with Crippen LogP contribution in [-0.2, 0) is 4.79 Å². The zero-order valence-corrected chi connectivity index (χ0v) is 8.84. The van der Waals surface area contributed by atoms with Gasteiger partial charge in [-0.25, -0.2) is 0 Å². The smallest absolute Gasteiger partial charge is 0.317 e. The Morgan fingerprint density at radius 2 is 2.15 bits per heavy atom. The van der Waals surface area contributed by atoms with Crippen LogP contribution in [0.15, 0.2) is 11.1 Å². The van der Waals surface area contributed by atoms with E-state index in [1.54, 1.807) is 0 Å². The predicted molar refractivity (Wildman–Crippen MR) is 54.0 cm³/mol. The normalized spacial score (nSPS) is 12.2. The van der Waals surface area contributed by atoms with Gasteiger partial charge in [0.15, 0.2) is 0 Å². The Balaban J connectivity index is 4.01. The molecule has 0 aromatic heterocycles. The van der Waals surface area contributed by atoms with Crippen LogP contribution in [-0.4, -0.2) is 35.6 Å². The van der Waals surface area contributed by atoms with Gasteiger partial charge in [0.05, 0.1) is 6.54 Å². The lowest BCUT2D eigenvalue weighted by Gasteiger charge is -2.19. The van der Waals surface area contributed by atoms with Gasteiger partial charge in [-0.2, -0.15) is 0 Å². The van der Waals surface area contributed by atoms with Crippen LogP contribution in [0.3, 0.4) is 0 Å². The molecule has 0 rings (SSSR count). The van der Waals surface area contributed by atoms with Gasteiger partial charge in [0, 0.05) is 12.1 Å².